The number of aryl methyl sites for hydroxylation is 2. The first-order valence-electron chi connectivity index (χ1n) is 16.3. The molecule has 1 aliphatic heterocycles. The van der Waals surface area contributed by atoms with Gasteiger partial charge in [0.05, 0.1) is 23.2 Å². The van der Waals surface area contributed by atoms with Crippen molar-refractivity contribution >= 4 is 27.7 Å². The lowest BCUT2D eigenvalue weighted by atomic mass is 9.87. The van der Waals surface area contributed by atoms with Gasteiger partial charge in [0.2, 0.25) is 11.8 Å². The van der Waals surface area contributed by atoms with Crippen molar-refractivity contribution in [3.63, 3.8) is 0 Å². The molecule has 1 N–H and O–H groups in total. The van der Waals surface area contributed by atoms with Crippen LogP contribution in [0.15, 0.2) is 65.7 Å². The molecule has 254 valence electrons. The number of amides is 1. The van der Waals surface area contributed by atoms with E-state index in [1.807, 2.05) is 38.1 Å². The number of nitrogens with one attached hydrogen (secondary N) is 1. The third-order valence-corrected chi connectivity index (χ3v) is 9.62. The number of carbonyl (C=O) groups is 1. The minimum Gasteiger partial charge on any atom is -0.475 e. The highest BCUT2D eigenvalue weighted by Gasteiger charge is 2.32. The Bertz CT molecular complexity index is 1890. The summed E-state index contributed by atoms with van der Waals surface area (Å²) in [6, 6.07) is 15.3. The fourth-order valence-electron chi connectivity index (χ4n) is 6.12. The molecule has 5 rings (SSSR count). The Morgan fingerprint density at radius 1 is 1.02 bits per heavy atom. The van der Waals surface area contributed by atoms with E-state index in [1.54, 1.807) is 29.3 Å². The van der Waals surface area contributed by atoms with E-state index >= 15 is 0 Å². The second kappa shape index (κ2) is 13.9. The summed E-state index contributed by atoms with van der Waals surface area (Å²) in [5.74, 6) is 0.942. The van der Waals surface area contributed by atoms with E-state index in [0.717, 1.165) is 29.1 Å². The Morgan fingerprint density at radius 2 is 1.73 bits per heavy atom. The summed E-state index contributed by atoms with van der Waals surface area (Å²) >= 11 is 0. The minimum absolute atomic E-state index is 0.0859. The number of benzene rings is 2. The molecule has 0 saturated heterocycles. The lowest BCUT2D eigenvalue weighted by molar-refractivity contribution is 0.0505. The lowest BCUT2D eigenvalue weighted by Crippen LogP contribution is -2.45. The summed E-state index contributed by atoms with van der Waals surface area (Å²) in [5.41, 5.74) is 3.35. The molecule has 2 aromatic carbocycles. The van der Waals surface area contributed by atoms with Gasteiger partial charge in [0.1, 0.15) is 18.2 Å². The number of nitrogens with zero attached hydrogens (tertiary/aromatic N) is 6. The van der Waals surface area contributed by atoms with Gasteiger partial charge < -0.3 is 14.5 Å². The molecule has 0 fully saturated rings. The number of aromatic nitrogens is 4. The molecule has 0 saturated carbocycles. The van der Waals surface area contributed by atoms with Gasteiger partial charge in [-0.3, -0.25) is 4.79 Å². The first kappa shape index (κ1) is 34.7. The van der Waals surface area contributed by atoms with E-state index in [9.17, 15) is 13.2 Å². The Kier molecular flexibility index (Phi) is 10.0. The van der Waals surface area contributed by atoms with Gasteiger partial charge >= 0.3 is 0 Å². The molecule has 1 atom stereocenters. The maximum Gasteiger partial charge on any atom is 0.264 e. The number of sulfonamides is 1. The number of ether oxygens (including phenoxy) is 1. The molecule has 3 heterocycles. The molecule has 4 aromatic rings. The van der Waals surface area contributed by atoms with Crippen molar-refractivity contribution in [2.24, 2.45) is 5.41 Å². The standard InChI is InChI=1S/C36H45N7O4S/c1-9-42(23(2)3)31-16-17-37-30(39-31)21-43-27(20-36(6,7)8)22-47-32-19-29(33-24(4)12-10-13-25(33)5)38-35(40-32)41-48(45,46)28-15-11-14-26(18-28)34(43)44/h10-19,23,27H,9,20-22H2,1-8H3,(H,38,40,41)/t27-/m1/s1. The Balaban J connectivity index is 1.66. The summed E-state index contributed by atoms with van der Waals surface area (Å²) in [5, 5.41) is 0. The molecule has 0 unspecified atom stereocenters. The Hall–Kier alpha value is -4.58. The van der Waals surface area contributed by atoms with Crippen LogP contribution in [0.2, 0.25) is 0 Å². The number of rotatable bonds is 7. The van der Waals surface area contributed by atoms with Crippen LogP contribution in [0, 0.1) is 19.3 Å². The second-order valence-electron chi connectivity index (χ2n) is 13.7. The van der Waals surface area contributed by atoms with Crippen LogP contribution in [0.4, 0.5) is 11.8 Å². The second-order valence-corrected chi connectivity index (χ2v) is 15.4. The molecule has 0 radical (unpaired) electrons. The molecular weight excluding hydrogens is 627 g/mol. The fraction of sp³-hybridized carbons (Fsp3) is 0.417. The number of fused-ring (bicyclic) bond motifs is 4. The van der Waals surface area contributed by atoms with Gasteiger partial charge in [0.15, 0.2) is 0 Å². The highest BCUT2D eigenvalue weighted by molar-refractivity contribution is 7.92. The summed E-state index contributed by atoms with van der Waals surface area (Å²) < 4.78 is 36.3. The Labute approximate surface area is 283 Å². The average molecular weight is 672 g/mol. The van der Waals surface area contributed by atoms with Crippen molar-refractivity contribution in [3.8, 4) is 17.1 Å². The van der Waals surface area contributed by atoms with Crippen molar-refractivity contribution in [3.05, 3.63) is 83.3 Å². The van der Waals surface area contributed by atoms with Crippen LogP contribution in [0.25, 0.3) is 11.3 Å². The van der Waals surface area contributed by atoms with E-state index in [2.05, 4.69) is 66.1 Å². The van der Waals surface area contributed by atoms with E-state index < -0.39 is 16.1 Å². The summed E-state index contributed by atoms with van der Waals surface area (Å²) in [4.78, 5) is 36.7. The third kappa shape index (κ3) is 7.92. The molecule has 0 aliphatic carbocycles. The minimum atomic E-state index is -4.18. The molecule has 0 spiro atoms. The maximum atomic E-state index is 14.5. The fourth-order valence-corrected chi connectivity index (χ4v) is 7.10. The Morgan fingerprint density at radius 3 is 2.40 bits per heavy atom. The maximum absolute atomic E-state index is 14.5. The zero-order valence-corrected chi connectivity index (χ0v) is 29.8. The summed E-state index contributed by atoms with van der Waals surface area (Å²) in [7, 11) is -4.18. The van der Waals surface area contributed by atoms with Crippen LogP contribution in [0.5, 0.6) is 5.88 Å². The molecular formula is C36H45N7O4S. The topological polar surface area (TPSA) is 131 Å². The van der Waals surface area contributed by atoms with Crippen molar-refractivity contribution in [1.29, 1.82) is 0 Å². The molecule has 1 amide bonds. The molecule has 12 heteroatoms. The highest BCUT2D eigenvalue weighted by Crippen LogP contribution is 2.32. The van der Waals surface area contributed by atoms with Crippen molar-refractivity contribution in [2.45, 2.75) is 85.3 Å². The zero-order valence-electron chi connectivity index (χ0n) is 29.0. The largest absolute Gasteiger partial charge is 0.475 e. The van der Waals surface area contributed by atoms with Gasteiger partial charge in [-0.05, 0) is 81.8 Å². The highest BCUT2D eigenvalue weighted by atomic mass is 32.2. The average Bonchev–Trinajstić information content (AvgIpc) is 3.01. The zero-order chi connectivity index (χ0) is 34.8. The lowest BCUT2D eigenvalue weighted by Gasteiger charge is -2.35. The van der Waals surface area contributed by atoms with Gasteiger partial charge in [-0.25, -0.2) is 28.1 Å². The van der Waals surface area contributed by atoms with E-state index in [-0.39, 0.29) is 52.8 Å². The van der Waals surface area contributed by atoms with Crippen LogP contribution in [0.1, 0.15) is 75.3 Å². The molecule has 48 heavy (non-hydrogen) atoms. The van der Waals surface area contributed by atoms with E-state index in [0.29, 0.717) is 17.9 Å². The van der Waals surface area contributed by atoms with E-state index in [4.69, 9.17) is 9.72 Å². The van der Waals surface area contributed by atoms with Gasteiger partial charge in [-0.1, -0.05) is 45.0 Å². The first-order chi connectivity index (χ1) is 22.6. The summed E-state index contributed by atoms with van der Waals surface area (Å²) in [6.45, 7) is 17.5. The quantitative estimate of drug-likeness (QED) is 0.236. The predicted molar refractivity (Wildman–Crippen MR) is 188 cm³/mol. The van der Waals surface area contributed by atoms with Gasteiger partial charge in [0.25, 0.3) is 15.9 Å². The van der Waals surface area contributed by atoms with Gasteiger partial charge in [0, 0.05) is 36.0 Å². The SMILES string of the molecule is CCN(c1ccnc(CN2C(=O)c3cccc(c3)S(=O)(=O)Nc3nc(cc(-c4c(C)cccc4C)n3)OC[C@H]2CC(C)(C)C)n1)C(C)C. The smallest absolute Gasteiger partial charge is 0.264 e. The predicted octanol–water partition coefficient (Wildman–Crippen LogP) is 6.43. The molecule has 11 nitrogen and oxygen atoms in total. The van der Waals surface area contributed by atoms with Crippen LogP contribution in [-0.2, 0) is 16.6 Å². The number of hydrogen-bond acceptors (Lipinski definition) is 9. The number of hydrogen-bond donors (Lipinski definition) is 1. The molecule has 1 aliphatic rings. The van der Waals surface area contributed by atoms with Crippen molar-refractivity contribution in [2.75, 3.05) is 22.8 Å². The number of anilines is 2. The first-order valence-corrected chi connectivity index (χ1v) is 17.7. The normalized spacial score (nSPS) is 16.3. The van der Waals surface area contributed by atoms with Crippen LogP contribution < -0.4 is 14.4 Å². The van der Waals surface area contributed by atoms with Crippen LogP contribution >= 0.6 is 0 Å². The van der Waals surface area contributed by atoms with Crippen LogP contribution in [0.3, 0.4) is 0 Å². The molecule has 4 bridgehead atoms. The van der Waals surface area contributed by atoms with Crippen molar-refractivity contribution in [1.82, 2.24) is 24.8 Å². The molecule has 2 aromatic heterocycles. The third-order valence-electron chi connectivity index (χ3n) is 8.29. The monoisotopic (exact) mass is 671 g/mol. The van der Waals surface area contributed by atoms with Gasteiger partial charge in [-0.2, -0.15) is 4.98 Å². The summed E-state index contributed by atoms with van der Waals surface area (Å²) in [6.07, 6.45) is 2.28. The number of carbonyl (C=O) groups excluding carboxylic acids is 1. The van der Waals surface area contributed by atoms with Crippen LogP contribution in [-0.4, -0.2) is 64.4 Å². The van der Waals surface area contributed by atoms with E-state index in [1.165, 1.54) is 12.1 Å². The van der Waals surface area contributed by atoms with Gasteiger partial charge in [-0.15, -0.1) is 0 Å². The van der Waals surface area contributed by atoms with Crippen molar-refractivity contribution < 1.29 is 17.9 Å².